The van der Waals surface area contributed by atoms with Crippen LogP contribution < -0.4 is 0 Å². The third-order valence-corrected chi connectivity index (χ3v) is 3.21. The molecule has 0 bridgehead atoms. The molecule has 0 aromatic heterocycles. The Kier molecular flexibility index (Phi) is 2.72. The first-order valence-corrected chi connectivity index (χ1v) is 5.51. The second-order valence-electron chi connectivity index (χ2n) is 4.37. The first-order chi connectivity index (χ1) is 6.77. The predicted molar refractivity (Wildman–Crippen MR) is 61.5 cm³/mol. The van der Waals surface area contributed by atoms with Crippen molar-refractivity contribution in [1.29, 1.82) is 0 Å². The third-order valence-electron chi connectivity index (χ3n) is 3.21. The molecule has 0 amide bonds. The molecule has 1 aliphatic carbocycles. The van der Waals surface area contributed by atoms with Gasteiger partial charge in [-0.25, -0.2) is 0 Å². The van der Waals surface area contributed by atoms with Crippen LogP contribution in [-0.2, 0) is 0 Å². The summed E-state index contributed by atoms with van der Waals surface area (Å²) in [6.45, 7) is 6.33. The van der Waals surface area contributed by atoms with Gasteiger partial charge in [-0.2, -0.15) is 0 Å². The van der Waals surface area contributed by atoms with E-state index < -0.39 is 0 Å². The molecule has 0 spiro atoms. The van der Waals surface area contributed by atoms with Crippen LogP contribution in [0.1, 0.15) is 42.7 Å². The zero-order valence-electron chi connectivity index (χ0n) is 8.92. The number of aryl methyl sites for hydroxylation is 1. The number of rotatable bonds is 1. The Labute approximate surface area is 86.7 Å². The van der Waals surface area contributed by atoms with Crippen LogP contribution in [0.2, 0.25) is 0 Å². The lowest BCUT2D eigenvalue weighted by Gasteiger charge is -2.24. The molecule has 0 N–H and O–H groups in total. The Hall–Kier alpha value is -1.04. The van der Waals surface area contributed by atoms with E-state index in [1.165, 1.54) is 42.4 Å². The Morgan fingerprint density at radius 1 is 1.14 bits per heavy atom. The molecule has 1 unspecified atom stereocenters. The molecule has 74 valence electrons. The SMILES string of the molecule is C=C1CCCCC1c1ccc(C)cc1. The molecule has 1 fully saturated rings. The zero-order valence-corrected chi connectivity index (χ0v) is 8.92. The van der Waals surface area contributed by atoms with Crippen LogP contribution in [0.4, 0.5) is 0 Å². The lowest BCUT2D eigenvalue weighted by Crippen LogP contribution is -2.07. The van der Waals surface area contributed by atoms with E-state index in [4.69, 9.17) is 0 Å². The van der Waals surface area contributed by atoms with Gasteiger partial charge in [-0.3, -0.25) is 0 Å². The minimum Gasteiger partial charge on any atom is -0.0992 e. The summed E-state index contributed by atoms with van der Waals surface area (Å²) in [5, 5.41) is 0. The molecule has 14 heavy (non-hydrogen) atoms. The van der Waals surface area contributed by atoms with Crippen LogP contribution in [0.5, 0.6) is 0 Å². The van der Waals surface area contributed by atoms with Gasteiger partial charge in [0.15, 0.2) is 0 Å². The maximum Gasteiger partial charge on any atom is 0.00454 e. The molecule has 1 saturated carbocycles. The normalized spacial score (nSPS) is 22.4. The molecule has 1 aromatic rings. The van der Waals surface area contributed by atoms with Crippen LogP contribution >= 0.6 is 0 Å². The minimum absolute atomic E-state index is 0.629. The summed E-state index contributed by atoms with van der Waals surface area (Å²) < 4.78 is 0. The molecule has 2 rings (SSSR count). The van der Waals surface area contributed by atoms with Crippen molar-refractivity contribution in [2.45, 2.75) is 38.5 Å². The van der Waals surface area contributed by atoms with E-state index in [9.17, 15) is 0 Å². The van der Waals surface area contributed by atoms with Crippen LogP contribution in [0.15, 0.2) is 36.4 Å². The summed E-state index contributed by atoms with van der Waals surface area (Å²) in [5.74, 6) is 0.629. The van der Waals surface area contributed by atoms with E-state index in [0.717, 1.165) is 0 Å². The molecule has 1 aromatic carbocycles. The maximum absolute atomic E-state index is 4.19. The van der Waals surface area contributed by atoms with Gasteiger partial charge < -0.3 is 0 Å². The largest absolute Gasteiger partial charge is 0.0992 e. The quantitative estimate of drug-likeness (QED) is 0.576. The van der Waals surface area contributed by atoms with Gasteiger partial charge in [0.25, 0.3) is 0 Å². The summed E-state index contributed by atoms with van der Waals surface area (Å²) in [4.78, 5) is 0. The van der Waals surface area contributed by atoms with Crippen molar-refractivity contribution in [3.05, 3.63) is 47.5 Å². The molecule has 0 heteroatoms. The van der Waals surface area contributed by atoms with Crippen molar-refractivity contribution >= 4 is 0 Å². The zero-order chi connectivity index (χ0) is 9.97. The molecular weight excluding hydrogens is 168 g/mol. The van der Waals surface area contributed by atoms with Crippen molar-refractivity contribution in [2.24, 2.45) is 0 Å². The molecular formula is C14H18. The first-order valence-electron chi connectivity index (χ1n) is 5.51. The highest BCUT2D eigenvalue weighted by Gasteiger charge is 2.18. The average molecular weight is 186 g/mol. The fraction of sp³-hybridized carbons (Fsp3) is 0.429. The lowest BCUT2D eigenvalue weighted by molar-refractivity contribution is 0.542. The van der Waals surface area contributed by atoms with Crippen LogP contribution in [0.3, 0.4) is 0 Å². The van der Waals surface area contributed by atoms with Gasteiger partial charge in [0, 0.05) is 5.92 Å². The van der Waals surface area contributed by atoms with E-state index >= 15 is 0 Å². The van der Waals surface area contributed by atoms with Gasteiger partial charge in [0.2, 0.25) is 0 Å². The van der Waals surface area contributed by atoms with Gasteiger partial charge in [0.05, 0.1) is 0 Å². The van der Waals surface area contributed by atoms with Crippen molar-refractivity contribution < 1.29 is 0 Å². The highest BCUT2D eigenvalue weighted by atomic mass is 14.2. The molecule has 1 aliphatic rings. The molecule has 0 aliphatic heterocycles. The van der Waals surface area contributed by atoms with Gasteiger partial charge in [-0.1, -0.05) is 48.4 Å². The Morgan fingerprint density at radius 3 is 2.50 bits per heavy atom. The smallest absolute Gasteiger partial charge is 0.00454 e. The fourth-order valence-electron chi connectivity index (χ4n) is 2.28. The van der Waals surface area contributed by atoms with Crippen LogP contribution in [0.25, 0.3) is 0 Å². The topological polar surface area (TPSA) is 0 Å². The van der Waals surface area contributed by atoms with Crippen molar-refractivity contribution in [3.8, 4) is 0 Å². The molecule has 1 atom stereocenters. The highest BCUT2D eigenvalue weighted by Crippen LogP contribution is 2.36. The first kappa shape index (κ1) is 9.51. The second-order valence-corrected chi connectivity index (χ2v) is 4.37. The number of hydrogen-bond acceptors (Lipinski definition) is 0. The Bertz CT molecular complexity index is 318. The molecule has 0 saturated heterocycles. The fourth-order valence-corrected chi connectivity index (χ4v) is 2.28. The van der Waals surface area contributed by atoms with Crippen LogP contribution in [-0.4, -0.2) is 0 Å². The lowest BCUT2D eigenvalue weighted by atomic mass is 9.80. The third kappa shape index (κ3) is 1.89. The van der Waals surface area contributed by atoms with Crippen molar-refractivity contribution in [1.82, 2.24) is 0 Å². The standard InChI is InChI=1S/C14H18/c1-11-7-9-13(10-8-11)14-6-4-3-5-12(14)2/h7-10,14H,2-6H2,1H3. The van der Waals surface area contributed by atoms with E-state index in [1.54, 1.807) is 0 Å². The number of benzene rings is 1. The Balaban J connectivity index is 2.20. The van der Waals surface area contributed by atoms with E-state index in [-0.39, 0.29) is 0 Å². The van der Waals surface area contributed by atoms with E-state index in [2.05, 4.69) is 37.8 Å². The number of hydrogen-bond donors (Lipinski definition) is 0. The maximum atomic E-state index is 4.19. The summed E-state index contributed by atoms with van der Waals surface area (Å²) in [6, 6.07) is 8.93. The van der Waals surface area contributed by atoms with Gasteiger partial charge in [-0.15, -0.1) is 0 Å². The summed E-state index contributed by atoms with van der Waals surface area (Å²) in [7, 11) is 0. The molecule has 0 nitrogen and oxygen atoms in total. The minimum atomic E-state index is 0.629. The monoisotopic (exact) mass is 186 g/mol. The molecule has 0 heterocycles. The highest BCUT2D eigenvalue weighted by molar-refractivity contribution is 5.31. The van der Waals surface area contributed by atoms with E-state index in [0.29, 0.717) is 5.92 Å². The van der Waals surface area contributed by atoms with Crippen molar-refractivity contribution in [3.63, 3.8) is 0 Å². The Morgan fingerprint density at radius 2 is 1.86 bits per heavy atom. The summed E-state index contributed by atoms with van der Waals surface area (Å²) in [6.07, 6.45) is 5.21. The summed E-state index contributed by atoms with van der Waals surface area (Å²) in [5.41, 5.74) is 4.23. The van der Waals surface area contributed by atoms with E-state index in [1.807, 2.05) is 0 Å². The second kappa shape index (κ2) is 4.00. The predicted octanol–water partition coefficient (Wildman–Crippen LogP) is 4.21. The number of allylic oxidation sites excluding steroid dienone is 1. The van der Waals surface area contributed by atoms with Gasteiger partial charge in [-0.05, 0) is 31.7 Å². The molecule has 0 radical (unpaired) electrons. The summed E-state index contributed by atoms with van der Waals surface area (Å²) >= 11 is 0. The van der Waals surface area contributed by atoms with Crippen LogP contribution in [0, 0.1) is 6.92 Å². The van der Waals surface area contributed by atoms with Gasteiger partial charge in [0.1, 0.15) is 0 Å². The van der Waals surface area contributed by atoms with Gasteiger partial charge >= 0.3 is 0 Å². The van der Waals surface area contributed by atoms with Crippen molar-refractivity contribution in [2.75, 3.05) is 0 Å². The average Bonchev–Trinajstić information content (AvgIpc) is 2.20.